The van der Waals surface area contributed by atoms with Crippen LogP contribution in [0.1, 0.15) is 50.4 Å². The van der Waals surface area contributed by atoms with E-state index in [2.05, 4.69) is 41.1 Å². The number of furan rings is 1. The molecule has 1 aromatic carbocycles. The molecule has 0 N–H and O–H groups in total. The molecule has 1 unspecified atom stereocenters. The van der Waals surface area contributed by atoms with Gasteiger partial charge < -0.3 is 8.94 Å². The highest BCUT2D eigenvalue weighted by atomic mass is 32.2. The molecule has 8 heteroatoms. The van der Waals surface area contributed by atoms with Crippen molar-refractivity contribution in [3.8, 4) is 17.1 Å². The van der Waals surface area contributed by atoms with Crippen LogP contribution < -0.4 is 0 Å². The number of thioether (sulfide) groups is 1. The molecular formula is C21H23N5O2S. The van der Waals surface area contributed by atoms with Crippen LogP contribution in [-0.4, -0.2) is 24.9 Å². The number of rotatable bonds is 5. The van der Waals surface area contributed by atoms with Crippen LogP contribution in [0.3, 0.4) is 0 Å². The molecule has 0 saturated heterocycles. The van der Waals surface area contributed by atoms with Crippen molar-refractivity contribution in [3.63, 3.8) is 0 Å². The van der Waals surface area contributed by atoms with Crippen LogP contribution >= 0.6 is 11.8 Å². The summed E-state index contributed by atoms with van der Waals surface area (Å²) in [6.07, 6.45) is 1.66. The lowest BCUT2D eigenvalue weighted by atomic mass is 9.96. The van der Waals surface area contributed by atoms with E-state index in [1.807, 2.05) is 54.8 Å². The van der Waals surface area contributed by atoms with Crippen LogP contribution in [0.4, 0.5) is 0 Å². The Kier molecular flexibility index (Phi) is 5.04. The summed E-state index contributed by atoms with van der Waals surface area (Å²) >= 11 is 1.53. The van der Waals surface area contributed by atoms with Crippen molar-refractivity contribution in [2.24, 2.45) is 0 Å². The summed E-state index contributed by atoms with van der Waals surface area (Å²) in [6, 6.07) is 11.9. The van der Waals surface area contributed by atoms with Gasteiger partial charge in [-0.25, -0.2) is 0 Å². The van der Waals surface area contributed by atoms with Crippen LogP contribution in [0.15, 0.2) is 56.8 Å². The Morgan fingerprint density at radius 2 is 1.83 bits per heavy atom. The first kappa shape index (κ1) is 19.4. The van der Waals surface area contributed by atoms with E-state index in [-0.39, 0.29) is 10.7 Å². The number of para-hydroxylation sites is 1. The molecule has 0 aliphatic carbocycles. The molecule has 0 saturated carbocycles. The fourth-order valence-electron chi connectivity index (χ4n) is 2.86. The van der Waals surface area contributed by atoms with Gasteiger partial charge in [-0.05, 0) is 32.0 Å². The second kappa shape index (κ2) is 7.51. The molecule has 0 aliphatic rings. The average Bonchev–Trinajstić information content (AvgIpc) is 3.41. The SMILES string of the molecule is Cc1occc1-c1nnc(SC(C)c2nc(C(C)(C)C)no2)n1-c1ccccc1. The summed E-state index contributed by atoms with van der Waals surface area (Å²) in [5.74, 6) is 2.80. The Bertz CT molecular complexity index is 1110. The maximum absolute atomic E-state index is 5.51. The first-order valence-electron chi connectivity index (χ1n) is 9.40. The molecule has 7 nitrogen and oxygen atoms in total. The summed E-state index contributed by atoms with van der Waals surface area (Å²) in [5, 5.41) is 13.7. The standard InChI is InChI=1S/C21H23N5O2S/c1-13-16(11-12-27-13)17-23-24-20(26(17)15-9-7-6-8-10-15)29-14(2)18-22-19(25-28-18)21(3,4)5/h6-12,14H,1-5H3. The highest BCUT2D eigenvalue weighted by Gasteiger charge is 2.26. The van der Waals surface area contributed by atoms with E-state index in [9.17, 15) is 0 Å². The van der Waals surface area contributed by atoms with Gasteiger partial charge in [-0.3, -0.25) is 4.57 Å². The molecule has 0 spiro atoms. The average molecular weight is 410 g/mol. The Hall–Kier alpha value is -2.87. The van der Waals surface area contributed by atoms with Gasteiger partial charge in [-0.2, -0.15) is 4.98 Å². The Morgan fingerprint density at radius 3 is 2.45 bits per heavy atom. The van der Waals surface area contributed by atoms with Crippen molar-refractivity contribution in [1.29, 1.82) is 0 Å². The minimum Gasteiger partial charge on any atom is -0.469 e. The first-order valence-corrected chi connectivity index (χ1v) is 10.3. The van der Waals surface area contributed by atoms with E-state index in [4.69, 9.17) is 8.94 Å². The topological polar surface area (TPSA) is 82.8 Å². The number of hydrogen-bond donors (Lipinski definition) is 0. The number of aromatic nitrogens is 5. The van der Waals surface area contributed by atoms with Crippen molar-refractivity contribution >= 4 is 11.8 Å². The monoisotopic (exact) mass is 409 g/mol. The van der Waals surface area contributed by atoms with E-state index in [1.165, 1.54) is 11.8 Å². The normalized spacial score (nSPS) is 13.0. The van der Waals surface area contributed by atoms with Gasteiger partial charge in [0.25, 0.3) is 0 Å². The molecule has 0 fully saturated rings. The Balaban J connectivity index is 1.72. The highest BCUT2D eigenvalue weighted by Crippen LogP contribution is 2.37. The van der Waals surface area contributed by atoms with Crippen LogP contribution in [-0.2, 0) is 5.41 Å². The zero-order chi connectivity index (χ0) is 20.6. The summed E-state index contributed by atoms with van der Waals surface area (Å²) in [5.41, 5.74) is 1.72. The van der Waals surface area contributed by atoms with Gasteiger partial charge in [0.2, 0.25) is 5.89 Å². The van der Waals surface area contributed by atoms with Crippen molar-refractivity contribution in [2.75, 3.05) is 0 Å². The zero-order valence-corrected chi connectivity index (χ0v) is 17.9. The number of hydrogen-bond acceptors (Lipinski definition) is 7. The molecule has 0 bridgehead atoms. The zero-order valence-electron chi connectivity index (χ0n) is 17.1. The van der Waals surface area contributed by atoms with Crippen molar-refractivity contribution in [1.82, 2.24) is 24.9 Å². The molecule has 4 rings (SSSR count). The van der Waals surface area contributed by atoms with Crippen LogP contribution in [0.5, 0.6) is 0 Å². The minimum atomic E-state index is -0.165. The molecule has 4 aromatic rings. The fourth-order valence-corrected chi connectivity index (χ4v) is 3.76. The van der Waals surface area contributed by atoms with Gasteiger partial charge in [0.05, 0.1) is 17.1 Å². The van der Waals surface area contributed by atoms with Gasteiger partial charge in [-0.15, -0.1) is 10.2 Å². The van der Waals surface area contributed by atoms with Crippen molar-refractivity contribution < 1.29 is 8.94 Å². The summed E-state index contributed by atoms with van der Waals surface area (Å²) in [7, 11) is 0. The van der Waals surface area contributed by atoms with E-state index in [1.54, 1.807) is 6.26 Å². The molecule has 3 aromatic heterocycles. The molecule has 1 atom stereocenters. The van der Waals surface area contributed by atoms with E-state index in [0.29, 0.717) is 11.7 Å². The van der Waals surface area contributed by atoms with Gasteiger partial charge in [0, 0.05) is 11.1 Å². The molecular weight excluding hydrogens is 386 g/mol. The number of benzene rings is 1. The van der Waals surface area contributed by atoms with Gasteiger partial charge >= 0.3 is 0 Å². The van der Waals surface area contributed by atoms with Crippen LogP contribution in [0.25, 0.3) is 17.1 Å². The smallest absolute Gasteiger partial charge is 0.239 e. The number of nitrogens with zero attached hydrogens (tertiary/aromatic N) is 5. The summed E-state index contributed by atoms with van der Waals surface area (Å²) in [4.78, 5) is 4.58. The molecule has 0 amide bonds. The van der Waals surface area contributed by atoms with E-state index < -0.39 is 0 Å². The quantitative estimate of drug-likeness (QED) is 0.410. The lowest BCUT2D eigenvalue weighted by Gasteiger charge is -2.12. The predicted molar refractivity (Wildman–Crippen MR) is 111 cm³/mol. The Morgan fingerprint density at radius 1 is 1.07 bits per heavy atom. The predicted octanol–water partition coefficient (Wildman–Crippen LogP) is 5.37. The lowest BCUT2D eigenvalue weighted by molar-refractivity contribution is 0.364. The molecule has 0 radical (unpaired) electrons. The largest absolute Gasteiger partial charge is 0.469 e. The minimum absolute atomic E-state index is 0.0800. The summed E-state index contributed by atoms with van der Waals surface area (Å²) < 4.78 is 13.0. The van der Waals surface area contributed by atoms with Gasteiger partial charge in [0.15, 0.2) is 16.8 Å². The van der Waals surface area contributed by atoms with Crippen LogP contribution in [0.2, 0.25) is 0 Å². The lowest BCUT2D eigenvalue weighted by Crippen LogP contribution is -2.13. The second-order valence-corrected chi connectivity index (χ2v) is 9.14. The third-order valence-corrected chi connectivity index (χ3v) is 5.52. The summed E-state index contributed by atoms with van der Waals surface area (Å²) in [6.45, 7) is 10.1. The fraction of sp³-hybridized carbons (Fsp3) is 0.333. The van der Waals surface area contributed by atoms with E-state index in [0.717, 1.165) is 28.0 Å². The molecule has 0 aliphatic heterocycles. The number of aryl methyl sites for hydroxylation is 1. The van der Waals surface area contributed by atoms with E-state index >= 15 is 0 Å². The maximum Gasteiger partial charge on any atom is 0.239 e. The van der Waals surface area contributed by atoms with Gasteiger partial charge in [-0.1, -0.05) is 55.9 Å². The Labute approximate surface area is 173 Å². The molecule has 3 heterocycles. The van der Waals surface area contributed by atoms with Crippen LogP contribution in [0, 0.1) is 6.92 Å². The maximum atomic E-state index is 5.51. The third kappa shape index (κ3) is 3.85. The van der Waals surface area contributed by atoms with Crippen molar-refractivity contribution in [2.45, 2.75) is 50.4 Å². The van der Waals surface area contributed by atoms with Gasteiger partial charge in [0.1, 0.15) is 5.76 Å². The first-order chi connectivity index (χ1) is 13.8. The molecule has 29 heavy (non-hydrogen) atoms. The third-order valence-electron chi connectivity index (χ3n) is 4.49. The van der Waals surface area contributed by atoms with Crippen molar-refractivity contribution in [3.05, 3.63) is 60.1 Å². The highest BCUT2D eigenvalue weighted by molar-refractivity contribution is 7.99. The second-order valence-electron chi connectivity index (χ2n) is 7.83. The molecule has 150 valence electrons.